The molecule has 1 heterocycles. The van der Waals surface area contributed by atoms with Crippen molar-refractivity contribution in [3.05, 3.63) is 94.8 Å². The van der Waals surface area contributed by atoms with Gasteiger partial charge in [-0.1, -0.05) is 61.0 Å². The molecule has 4 rings (SSSR count). The number of benzene rings is 3. The predicted molar refractivity (Wildman–Crippen MR) is 157 cm³/mol. The predicted octanol–water partition coefficient (Wildman–Crippen LogP) is 6.32. The molecule has 1 aliphatic heterocycles. The van der Waals surface area contributed by atoms with Gasteiger partial charge in [-0.05, 0) is 48.2 Å². The largest absolute Gasteiger partial charge is 0.493 e. The van der Waals surface area contributed by atoms with Crippen LogP contribution in [0.2, 0.25) is 5.02 Å². The van der Waals surface area contributed by atoms with Gasteiger partial charge in [0.05, 0.1) is 18.7 Å². The summed E-state index contributed by atoms with van der Waals surface area (Å²) >= 11 is 6.40. The average molecular weight is 566 g/mol. The highest BCUT2D eigenvalue weighted by molar-refractivity contribution is 6.31. The first-order valence-corrected chi connectivity index (χ1v) is 14.3. The highest BCUT2D eigenvalue weighted by Gasteiger charge is 2.24. The normalized spacial score (nSPS) is 14.8. The van der Waals surface area contributed by atoms with Crippen molar-refractivity contribution < 1.29 is 18.7 Å². The minimum absolute atomic E-state index is 0.0567. The number of nitrogens with zero attached hydrogens (tertiary/aromatic N) is 3. The Morgan fingerprint density at radius 2 is 1.73 bits per heavy atom. The van der Waals surface area contributed by atoms with Crippen molar-refractivity contribution >= 4 is 29.1 Å². The minimum atomic E-state index is -0.382. The van der Waals surface area contributed by atoms with Crippen LogP contribution < -0.4 is 9.64 Å². The average Bonchev–Trinajstić information content (AvgIpc) is 2.97. The highest BCUT2D eigenvalue weighted by atomic mass is 35.5. The molecule has 0 N–H and O–H groups in total. The van der Waals surface area contributed by atoms with Crippen LogP contribution in [0.5, 0.6) is 5.75 Å². The monoisotopic (exact) mass is 565 g/mol. The molecule has 0 atom stereocenters. The standard InChI is InChI=1S/C32H37ClFN3O3/c1-2-8-32(39)37-17-7-16-35(23-25-9-4-3-5-10-25)18-19-36(24-26-13-14-27(33)21-30(26)37)31(38)15-20-40-29-12-6-11-28(34)22-29/h3-6,9-14,21-22H,2,7-8,15-20,23-24H2,1H3. The third-order valence-corrected chi connectivity index (χ3v) is 7.22. The molecular formula is C32H37ClFN3O3. The van der Waals surface area contributed by atoms with Gasteiger partial charge in [0, 0.05) is 56.8 Å². The summed E-state index contributed by atoms with van der Waals surface area (Å²) in [5, 5.41) is 0.551. The number of carbonyl (C=O) groups is 2. The lowest BCUT2D eigenvalue weighted by Gasteiger charge is -2.28. The zero-order chi connectivity index (χ0) is 28.3. The molecule has 1 aliphatic rings. The smallest absolute Gasteiger partial charge is 0.226 e. The number of rotatable bonds is 8. The zero-order valence-corrected chi connectivity index (χ0v) is 23.8. The van der Waals surface area contributed by atoms with Crippen molar-refractivity contribution in [3.63, 3.8) is 0 Å². The second-order valence-electron chi connectivity index (χ2n) is 10.1. The maximum absolute atomic E-state index is 13.5. The number of hydrogen-bond acceptors (Lipinski definition) is 4. The van der Waals surface area contributed by atoms with Crippen molar-refractivity contribution in [2.24, 2.45) is 0 Å². The van der Waals surface area contributed by atoms with Gasteiger partial charge in [-0.15, -0.1) is 0 Å². The van der Waals surface area contributed by atoms with Crippen LogP contribution in [0, 0.1) is 5.82 Å². The van der Waals surface area contributed by atoms with E-state index in [-0.39, 0.29) is 30.7 Å². The highest BCUT2D eigenvalue weighted by Crippen LogP contribution is 2.28. The van der Waals surface area contributed by atoms with Crippen molar-refractivity contribution in [2.75, 3.05) is 37.7 Å². The van der Waals surface area contributed by atoms with Crippen molar-refractivity contribution in [2.45, 2.75) is 45.7 Å². The fourth-order valence-electron chi connectivity index (χ4n) is 4.95. The number of hydrogen-bond donors (Lipinski definition) is 0. The molecule has 3 aromatic carbocycles. The van der Waals surface area contributed by atoms with E-state index in [1.54, 1.807) is 18.2 Å². The van der Waals surface area contributed by atoms with Gasteiger partial charge >= 0.3 is 0 Å². The molecule has 8 heteroatoms. The maximum atomic E-state index is 13.5. The summed E-state index contributed by atoms with van der Waals surface area (Å²) in [5.74, 6) is 0.000145. The first-order valence-electron chi connectivity index (χ1n) is 13.9. The van der Waals surface area contributed by atoms with Crippen LogP contribution in [0.25, 0.3) is 0 Å². The molecule has 0 spiro atoms. The molecule has 40 heavy (non-hydrogen) atoms. The first-order chi connectivity index (χ1) is 19.4. The molecule has 0 fully saturated rings. The van der Waals surface area contributed by atoms with Gasteiger partial charge in [-0.2, -0.15) is 0 Å². The molecular weight excluding hydrogens is 529 g/mol. The van der Waals surface area contributed by atoms with E-state index in [0.717, 1.165) is 37.2 Å². The Bertz CT molecular complexity index is 1270. The Labute approximate surface area is 241 Å². The summed E-state index contributed by atoms with van der Waals surface area (Å²) in [6.45, 7) is 5.82. The summed E-state index contributed by atoms with van der Waals surface area (Å²) < 4.78 is 19.2. The molecule has 0 aromatic heterocycles. The lowest BCUT2D eigenvalue weighted by atomic mass is 10.1. The molecule has 0 radical (unpaired) electrons. The first kappa shape index (κ1) is 29.6. The number of anilines is 1. The molecule has 0 aliphatic carbocycles. The number of halogens is 2. The van der Waals surface area contributed by atoms with E-state index in [4.69, 9.17) is 16.3 Å². The van der Waals surface area contributed by atoms with Gasteiger partial charge in [0.25, 0.3) is 0 Å². The fraction of sp³-hybridized carbons (Fsp3) is 0.375. The number of carbonyl (C=O) groups excluding carboxylic acids is 2. The topological polar surface area (TPSA) is 53.1 Å². The third-order valence-electron chi connectivity index (χ3n) is 6.99. The van der Waals surface area contributed by atoms with Crippen LogP contribution >= 0.6 is 11.6 Å². The van der Waals surface area contributed by atoms with Gasteiger partial charge in [0.15, 0.2) is 0 Å². The van der Waals surface area contributed by atoms with Gasteiger partial charge < -0.3 is 14.5 Å². The fourth-order valence-corrected chi connectivity index (χ4v) is 5.11. The van der Waals surface area contributed by atoms with Crippen LogP contribution in [0.15, 0.2) is 72.8 Å². The Hall–Kier alpha value is -3.42. The lowest BCUT2D eigenvalue weighted by Crippen LogP contribution is -2.39. The van der Waals surface area contributed by atoms with Crippen LogP contribution in [-0.4, -0.2) is 54.4 Å². The van der Waals surface area contributed by atoms with Gasteiger partial charge in [-0.3, -0.25) is 14.5 Å². The molecule has 0 unspecified atom stereocenters. The molecule has 2 amide bonds. The third kappa shape index (κ3) is 8.54. The summed E-state index contributed by atoms with van der Waals surface area (Å²) in [6, 6.07) is 21.7. The van der Waals surface area contributed by atoms with Crippen LogP contribution in [-0.2, 0) is 22.7 Å². The second-order valence-corrected chi connectivity index (χ2v) is 10.5. The lowest BCUT2D eigenvalue weighted by molar-refractivity contribution is -0.132. The van der Waals surface area contributed by atoms with Gasteiger partial charge in [0.1, 0.15) is 11.6 Å². The van der Waals surface area contributed by atoms with E-state index in [9.17, 15) is 14.0 Å². The quantitative estimate of drug-likeness (QED) is 0.321. The zero-order valence-electron chi connectivity index (χ0n) is 23.0. The molecule has 0 saturated carbocycles. The molecule has 0 bridgehead atoms. The molecule has 6 nitrogen and oxygen atoms in total. The SMILES string of the molecule is CCCC(=O)N1CCCN(Cc2ccccc2)CCN(C(=O)CCOc2cccc(F)c2)Cc2ccc(Cl)cc21. The minimum Gasteiger partial charge on any atom is -0.493 e. The Morgan fingerprint density at radius 1 is 0.900 bits per heavy atom. The van der Waals surface area contributed by atoms with E-state index >= 15 is 0 Å². The van der Waals surface area contributed by atoms with Gasteiger partial charge in [-0.25, -0.2) is 4.39 Å². The second kappa shape index (κ2) is 14.8. The van der Waals surface area contributed by atoms with Crippen LogP contribution in [0.3, 0.4) is 0 Å². The van der Waals surface area contributed by atoms with Crippen molar-refractivity contribution in [3.8, 4) is 5.75 Å². The number of fused-ring (bicyclic) bond motifs is 1. The van der Waals surface area contributed by atoms with E-state index in [1.165, 1.54) is 17.7 Å². The summed E-state index contributed by atoms with van der Waals surface area (Å²) in [6.07, 6.45) is 2.14. The number of ether oxygens (including phenoxy) is 1. The van der Waals surface area contributed by atoms with E-state index < -0.39 is 0 Å². The molecule has 212 valence electrons. The summed E-state index contributed by atoms with van der Waals surface area (Å²) in [7, 11) is 0. The van der Waals surface area contributed by atoms with E-state index in [2.05, 4.69) is 17.0 Å². The van der Waals surface area contributed by atoms with E-state index in [1.807, 2.05) is 47.1 Å². The maximum Gasteiger partial charge on any atom is 0.226 e. The van der Waals surface area contributed by atoms with Crippen LogP contribution in [0.1, 0.15) is 43.7 Å². The van der Waals surface area contributed by atoms with Gasteiger partial charge in [0.2, 0.25) is 11.8 Å². The van der Waals surface area contributed by atoms with Crippen LogP contribution in [0.4, 0.5) is 10.1 Å². The Kier molecular flexibility index (Phi) is 11.0. The number of amides is 2. The Balaban J connectivity index is 1.57. The van der Waals surface area contributed by atoms with Crippen molar-refractivity contribution in [1.82, 2.24) is 9.80 Å². The summed E-state index contributed by atoms with van der Waals surface area (Å²) in [5.41, 5.74) is 2.84. The molecule has 3 aromatic rings. The molecule has 0 saturated heterocycles. The Morgan fingerprint density at radius 3 is 2.50 bits per heavy atom. The van der Waals surface area contributed by atoms with Crippen molar-refractivity contribution in [1.29, 1.82) is 0 Å². The van der Waals surface area contributed by atoms with E-state index in [0.29, 0.717) is 43.4 Å². The summed E-state index contributed by atoms with van der Waals surface area (Å²) in [4.78, 5) is 32.8.